The Balaban J connectivity index is 1.41. The van der Waals surface area contributed by atoms with Crippen molar-refractivity contribution in [2.24, 2.45) is 22.7 Å². The van der Waals surface area contributed by atoms with E-state index in [0.29, 0.717) is 18.6 Å². The average Bonchev–Trinajstić information content (AvgIpc) is 3.44. The van der Waals surface area contributed by atoms with Gasteiger partial charge in [0.25, 0.3) is 0 Å². The number of benzene rings is 3. The summed E-state index contributed by atoms with van der Waals surface area (Å²) < 4.78 is 20.7. The van der Waals surface area contributed by atoms with Gasteiger partial charge in [-0.05, 0) is 64.8 Å². The van der Waals surface area contributed by atoms with Crippen LogP contribution in [0, 0.1) is 22.7 Å². The highest BCUT2D eigenvalue weighted by Gasteiger charge is 2.62. The number of fused-ring (bicyclic) bond motifs is 1. The predicted octanol–water partition coefficient (Wildman–Crippen LogP) is 6.10. The zero-order chi connectivity index (χ0) is 29.2. The van der Waals surface area contributed by atoms with Crippen molar-refractivity contribution >= 4 is 25.2 Å². The van der Waals surface area contributed by atoms with Crippen LogP contribution in [0.15, 0.2) is 91.0 Å². The number of ether oxygens (including phenoxy) is 2. The Morgan fingerprint density at radius 1 is 0.905 bits per heavy atom. The lowest BCUT2D eigenvalue weighted by Gasteiger charge is -2.43. The molecule has 2 unspecified atom stereocenters. The molecule has 2 aliphatic carbocycles. The van der Waals surface area contributed by atoms with Crippen molar-refractivity contribution in [3.05, 3.63) is 96.6 Å². The maximum atomic E-state index is 13.3. The molecule has 5 heteroatoms. The summed E-state index contributed by atoms with van der Waals surface area (Å²) in [6, 6.07) is 32.3. The van der Waals surface area contributed by atoms with Crippen LogP contribution >= 0.6 is 0 Å². The summed E-state index contributed by atoms with van der Waals surface area (Å²) in [6.07, 6.45) is 5.93. The monoisotopic (exact) mass is 582 g/mol. The Kier molecular flexibility index (Phi) is 8.83. The molecule has 1 heterocycles. The fraction of sp³-hybridized carbons (Fsp3) is 0.486. The Morgan fingerprint density at radius 2 is 1.52 bits per heavy atom. The van der Waals surface area contributed by atoms with Crippen LogP contribution in [0.3, 0.4) is 0 Å². The molecule has 0 aromatic heterocycles. The van der Waals surface area contributed by atoms with Crippen LogP contribution < -0.4 is 10.4 Å². The molecule has 3 aliphatic rings. The molecule has 3 fully saturated rings. The number of carbonyl (C=O) groups excluding carboxylic acids is 1. The third kappa shape index (κ3) is 6.35. The lowest BCUT2D eigenvalue weighted by atomic mass is 9.70. The number of hydrogen-bond acceptors (Lipinski definition) is 4. The van der Waals surface area contributed by atoms with Gasteiger partial charge in [-0.1, -0.05) is 112 Å². The van der Waals surface area contributed by atoms with Gasteiger partial charge in [0.1, 0.15) is 5.78 Å². The van der Waals surface area contributed by atoms with Crippen molar-refractivity contribution in [3.8, 4) is 0 Å². The zero-order valence-electron chi connectivity index (χ0n) is 25.4. The van der Waals surface area contributed by atoms with Crippen LogP contribution in [0.1, 0.15) is 64.9 Å². The van der Waals surface area contributed by atoms with Crippen molar-refractivity contribution in [2.75, 3.05) is 6.61 Å². The molecule has 3 aromatic carbocycles. The van der Waals surface area contributed by atoms with Crippen LogP contribution in [0.4, 0.5) is 0 Å². The molecule has 3 aromatic rings. The summed E-state index contributed by atoms with van der Waals surface area (Å²) in [4.78, 5) is 13.3. The normalized spacial score (nSPS) is 28.6. The van der Waals surface area contributed by atoms with E-state index in [1.807, 2.05) is 0 Å². The molecule has 0 bridgehead atoms. The molecule has 0 amide bonds. The van der Waals surface area contributed by atoms with E-state index in [1.165, 1.54) is 15.9 Å². The van der Waals surface area contributed by atoms with Crippen LogP contribution in [-0.4, -0.2) is 39.9 Å². The van der Waals surface area contributed by atoms with Crippen molar-refractivity contribution in [1.82, 2.24) is 0 Å². The molecule has 42 heavy (non-hydrogen) atoms. The first kappa shape index (κ1) is 29.5. The lowest BCUT2D eigenvalue weighted by molar-refractivity contribution is -0.205. The van der Waals surface area contributed by atoms with Gasteiger partial charge < -0.3 is 13.9 Å². The van der Waals surface area contributed by atoms with E-state index in [9.17, 15) is 4.79 Å². The van der Waals surface area contributed by atoms with Crippen LogP contribution in [0.2, 0.25) is 0 Å². The minimum atomic E-state index is -2.05. The molecule has 2 saturated carbocycles. The quantitative estimate of drug-likeness (QED) is 0.286. The van der Waals surface area contributed by atoms with E-state index in [-0.39, 0.29) is 41.2 Å². The first-order chi connectivity index (χ1) is 20.3. The van der Waals surface area contributed by atoms with Crippen molar-refractivity contribution in [2.45, 2.75) is 84.2 Å². The Hall–Kier alpha value is -2.57. The molecule has 0 N–H and O–H groups in total. The topological polar surface area (TPSA) is 44.8 Å². The summed E-state index contributed by atoms with van der Waals surface area (Å²) in [5.74, 6) is 0.707. The highest BCUT2D eigenvalue weighted by molar-refractivity contribution is 6.80. The standard InChI is InChI=1S/C37H46O4Si/c1-36(2,3)35(41-42(29-17-9-5-10-18-29)30-19-11-6-12-20-30)34-31-23-28(38)25-37(31,24-27-15-7-4-8-16-27)26-32(34)40-33-21-13-14-22-39-33/h4-12,15-20,31-35,42H,13-14,21-26H2,1-3H3/t31-,32-,33?,34+,35?,37+/m1/s1. The predicted molar refractivity (Wildman–Crippen MR) is 171 cm³/mol. The molecular weight excluding hydrogens is 536 g/mol. The summed E-state index contributed by atoms with van der Waals surface area (Å²) in [5.41, 5.74) is 1.04. The molecule has 6 rings (SSSR count). The highest BCUT2D eigenvalue weighted by Crippen LogP contribution is 2.61. The average molecular weight is 583 g/mol. The number of hydrogen-bond donors (Lipinski definition) is 0. The molecule has 6 atom stereocenters. The zero-order valence-corrected chi connectivity index (χ0v) is 26.6. The molecule has 0 radical (unpaired) electrons. The van der Waals surface area contributed by atoms with Gasteiger partial charge in [-0.2, -0.15) is 0 Å². The minimum absolute atomic E-state index is 0.0136. The Labute approximate surface area is 253 Å². The van der Waals surface area contributed by atoms with E-state index < -0.39 is 9.04 Å². The number of rotatable bonds is 9. The third-order valence-corrected chi connectivity index (χ3v) is 12.4. The van der Waals surface area contributed by atoms with Gasteiger partial charge in [0.2, 0.25) is 9.04 Å². The van der Waals surface area contributed by atoms with E-state index >= 15 is 0 Å². The summed E-state index contributed by atoms with van der Waals surface area (Å²) in [7, 11) is -2.05. The Morgan fingerprint density at radius 3 is 2.10 bits per heavy atom. The number of carbonyl (C=O) groups is 1. The van der Waals surface area contributed by atoms with E-state index in [4.69, 9.17) is 13.9 Å². The van der Waals surface area contributed by atoms with Gasteiger partial charge in [-0.15, -0.1) is 0 Å². The molecule has 1 saturated heterocycles. The van der Waals surface area contributed by atoms with Crippen LogP contribution in [-0.2, 0) is 25.1 Å². The van der Waals surface area contributed by atoms with Gasteiger partial charge in [0.15, 0.2) is 6.29 Å². The molecular formula is C37H46O4Si. The first-order valence-electron chi connectivity index (χ1n) is 15.9. The smallest absolute Gasteiger partial charge is 0.240 e. The van der Waals surface area contributed by atoms with Gasteiger partial charge >= 0.3 is 0 Å². The summed E-state index contributed by atoms with van der Waals surface area (Å²) in [5, 5.41) is 2.56. The second kappa shape index (κ2) is 12.6. The largest absolute Gasteiger partial charge is 0.407 e. The van der Waals surface area contributed by atoms with Gasteiger partial charge in [0.05, 0.1) is 12.2 Å². The van der Waals surface area contributed by atoms with E-state index in [0.717, 1.165) is 38.7 Å². The molecule has 0 spiro atoms. The molecule has 1 aliphatic heterocycles. The van der Waals surface area contributed by atoms with Gasteiger partial charge in [-0.3, -0.25) is 4.79 Å². The Bertz CT molecular complexity index is 1260. The van der Waals surface area contributed by atoms with Crippen LogP contribution in [0.25, 0.3) is 0 Å². The number of ketones is 1. The molecule has 4 nitrogen and oxygen atoms in total. The second-order valence-electron chi connectivity index (χ2n) is 13.9. The van der Waals surface area contributed by atoms with Crippen molar-refractivity contribution in [1.29, 1.82) is 0 Å². The fourth-order valence-electron chi connectivity index (χ4n) is 8.07. The maximum absolute atomic E-state index is 13.3. The van der Waals surface area contributed by atoms with Crippen molar-refractivity contribution < 1.29 is 18.7 Å². The van der Waals surface area contributed by atoms with Crippen LogP contribution in [0.5, 0.6) is 0 Å². The van der Waals surface area contributed by atoms with Gasteiger partial charge in [-0.25, -0.2) is 0 Å². The molecule has 222 valence electrons. The SMILES string of the molecule is CC(C)(C)C(O[SiH](c1ccccc1)c1ccccc1)[C@H]1[C@H]2CC(=O)C[C@@]2(Cc2ccccc2)C[C@H]1OC1CCCCO1. The lowest BCUT2D eigenvalue weighted by Crippen LogP contribution is -2.54. The summed E-state index contributed by atoms with van der Waals surface area (Å²) in [6.45, 7) is 7.68. The first-order valence-corrected chi connectivity index (χ1v) is 17.5. The summed E-state index contributed by atoms with van der Waals surface area (Å²) >= 11 is 0. The third-order valence-electron chi connectivity index (χ3n) is 9.84. The minimum Gasteiger partial charge on any atom is -0.407 e. The van der Waals surface area contributed by atoms with Gasteiger partial charge in [0, 0.05) is 25.4 Å². The second-order valence-corrected chi connectivity index (χ2v) is 16.3. The van der Waals surface area contributed by atoms with E-state index in [2.05, 4.69) is 112 Å². The van der Waals surface area contributed by atoms with E-state index in [1.54, 1.807) is 0 Å². The van der Waals surface area contributed by atoms with Crippen molar-refractivity contribution in [3.63, 3.8) is 0 Å². The maximum Gasteiger partial charge on any atom is 0.240 e. The fourth-order valence-corrected chi connectivity index (χ4v) is 10.8. The highest BCUT2D eigenvalue weighted by atomic mass is 28.3. The number of Topliss-reactive ketones (excluding diaryl/α,β-unsaturated/α-hetero) is 1.